The SMILES string of the molecule is CCOC(=O)C(=O)C(CC)c1cc(OC)ncc1[N+](=O)[O-]. The van der Waals surface area contributed by atoms with Gasteiger partial charge in [-0.15, -0.1) is 0 Å². The molecule has 1 aromatic rings. The summed E-state index contributed by atoms with van der Waals surface area (Å²) in [6.07, 6.45) is 1.22. The number of nitro groups is 1. The van der Waals surface area contributed by atoms with Gasteiger partial charge in [-0.25, -0.2) is 9.78 Å². The molecular weight excluding hydrogens is 280 g/mol. The number of aromatic nitrogens is 1. The molecule has 0 saturated carbocycles. The van der Waals surface area contributed by atoms with Gasteiger partial charge in [-0.05, 0) is 13.3 Å². The molecule has 0 amide bonds. The van der Waals surface area contributed by atoms with Crippen LogP contribution in [0.2, 0.25) is 0 Å². The van der Waals surface area contributed by atoms with Gasteiger partial charge < -0.3 is 9.47 Å². The number of methoxy groups -OCH3 is 1. The van der Waals surface area contributed by atoms with Crippen molar-refractivity contribution in [1.29, 1.82) is 0 Å². The minimum atomic E-state index is -1.01. The third-order valence-electron chi connectivity index (χ3n) is 2.87. The van der Waals surface area contributed by atoms with Gasteiger partial charge in [-0.2, -0.15) is 0 Å². The van der Waals surface area contributed by atoms with Crippen LogP contribution in [0.1, 0.15) is 31.7 Å². The summed E-state index contributed by atoms with van der Waals surface area (Å²) in [5.41, 5.74) is -0.243. The van der Waals surface area contributed by atoms with E-state index < -0.39 is 22.6 Å². The average Bonchev–Trinajstić information content (AvgIpc) is 2.47. The molecular formula is C13H16N2O6. The lowest BCUT2D eigenvalue weighted by atomic mass is 9.91. The van der Waals surface area contributed by atoms with E-state index in [0.29, 0.717) is 0 Å². The van der Waals surface area contributed by atoms with E-state index in [1.54, 1.807) is 13.8 Å². The van der Waals surface area contributed by atoms with Crippen molar-refractivity contribution in [3.63, 3.8) is 0 Å². The van der Waals surface area contributed by atoms with E-state index in [1.165, 1.54) is 13.2 Å². The van der Waals surface area contributed by atoms with Gasteiger partial charge in [-0.1, -0.05) is 6.92 Å². The molecule has 114 valence electrons. The molecule has 1 rings (SSSR count). The summed E-state index contributed by atoms with van der Waals surface area (Å²) < 4.78 is 9.57. The van der Waals surface area contributed by atoms with Crippen LogP contribution < -0.4 is 4.74 Å². The topological polar surface area (TPSA) is 109 Å². The van der Waals surface area contributed by atoms with Gasteiger partial charge >= 0.3 is 5.97 Å². The predicted molar refractivity (Wildman–Crippen MR) is 72.1 cm³/mol. The zero-order valence-corrected chi connectivity index (χ0v) is 12.0. The number of rotatable bonds is 7. The van der Waals surface area contributed by atoms with Crippen LogP contribution in [0.4, 0.5) is 5.69 Å². The molecule has 0 radical (unpaired) electrons. The van der Waals surface area contributed by atoms with E-state index in [9.17, 15) is 19.7 Å². The number of carbonyl (C=O) groups excluding carboxylic acids is 2. The lowest BCUT2D eigenvalue weighted by molar-refractivity contribution is -0.386. The largest absolute Gasteiger partial charge is 0.481 e. The maximum Gasteiger partial charge on any atom is 0.375 e. The lowest BCUT2D eigenvalue weighted by Gasteiger charge is -2.14. The Morgan fingerprint density at radius 1 is 1.43 bits per heavy atom. The molecule has 0 fully saturated rings. The molecule has 8 heteroatoms. The van der Waals surface area contributed by atoms with Gasteiger partial charge in [0.05, 0.1) is 24.6 Å². The van der Waals surface area contributed by atoms with Crippen LogP contribution in [0.25, 0.3) is 0 Å². The van der Waals surface area contributed by atoms with Crippen molar-refractivity contribution in [1.82, 2.24) is 4.98 Å². The molecule has 0 saturated heterocycles. The molecule has 0 aliphatic rings. The number of ether oxygens (including phenoxy) is 2. The Hall–Kier alpha value is -2.51. The first kappa shape index (κ1) is 16.5. The molecule has 0 aliphatic heterocycles. The summed E-state index contributed by atoms with van der Waals surface area (Å²) in [4.78, 5) is 37.8. The van der Waals surface area contributed by atoms with Crippen molar-refractivity contribution in [3.05, 3.63) is 27.9 Å². The Labute approximate surface area is 121 Å². The monoisotopic (exact) mass is 296 g/mol. The van der Waals surface area contributed by atoms with Gasteiger partial charge in [0.2, 0.25) is 11.7 Å². The molecule has 8 nitrogen and oxygen atoms in total. The van der Waals surface area contributed by atoms with E-state index in [2.05, 4.69) is 9.72 Å². The van der Waals surface area contributed by atoms with E-state index in [4.69, 9.17) is 4.74 Å². The van der Waals surface area contributed by atoms with E-state index in [0.717, 1.165) is 6.20 Å². The van der Waals surface area contributed by atoms with E-state index in [-0.39, 0.29) is 30.2 Å². The Balaban J connectivity index is 3.28. The molecule has 1 heterocycles. The van der Waals surface area contributed by atoms with Gasteiger partial charge in [0.15, 0.2) is 0 Å². The molecule has 0 spiro atoms. The molecule has 21 heavy (non-hydrogen) atoms. The van der Waals surface area contributed by atoms with Crippen molar-refractivity contribution < 1.29 is 24.0 Å². The molecule has 1 unspecified atom stereocenters. The summed E-state index contributed by atoms with van der Waals surface area (Å²) in [5, 5.41) is 11.1. The minimum Gasteiger partial charge on any atom is -0.481 e. The van der Waals surface area contributed by atoms with Crippen LogP contribution in [-0.2, 0) is 14.3 Å². The third kappa shape index (κ3) is 3.74. The van der Waals surface area contributed by atoms with Crippen molar-refractivity contribution >= 4 is 17.4 Å². The second-order valence-electron chi connectivity index (χ2n) is 4.09. The first-order valence-electron chi connectivity index (χ1n) is 6.35. The van der Waals surface area contributed by atoms with Crippen LogP contribution in [-0.4, -0.2) is 35.4 Å². The number of ketones is 1. The Morgan fingerprint density at radius 3 is 2.57 bits per heavy atom. The van der Waals surface area contributed by atoms with Gasteiger partial charge in [0, 0.05) is 11.6 Å². The fourth-order valence-corrected chi connectivity index (χ4v) is 1.88. The van der Waals surface area contributed by atoms with Crippen LogP contribution in [0.5, 0.6) is 5.88 Å². The Bertz CT molecular complexity index is 558. The second kappa shape index (κ2) is 7.32. The van der Waals surface area contributed by atoms with Crippen LogP contribution >= 0.6 is 0 Å². The van der Waals surface area contributed by atoms with E-state index >= 15 is 0 Å². The Morgan fingerprint density at radius 2 is 2.10 bits per heavy atom. The van der Waals surface area contributed by atoms with Crippen LogP contribution in [0.15, 0.2) is 12.3 Å². The summed E-state index contributed by atoms with van der Waals surface area (Å²) in [5.74, 6) is -2.67. The quantitative estimate of drug-likeness (QED) is 0.325. The summed E-state index contributed by atoms with van der Waals surface area (Å²) in [6, 6.07) is 1.30. The molecule has 0 aliphatic carbocycles. The fourth-order valence-electron chi connectivity index (χ4n) is 1.88. The van der Waals surface area contributed by atoms with Crippen LogP contribution in [0, 0.1) is 10.1 Å². The number of nitrogens with zero attached hydrogens (tertiary/aromatic N) is 2. The number of pyridine rings is 1. The molecule has 1 aromatic heterocycles. The van der Waals surface area contributed by atoms with E-state index in [1.807, 2.05) is 0 Å². The van der Waals surface area contributed by atoms with Gasteiger partial charge in [0.1, 0.15) is 6.20 Å². The normalized spacial score (nSPS) is 11.6. The maximum atomic E-state index is 12.1. The summed E-state index contributed by atoms with van der Waals surface area (Å²) in [7, 11) is 1.35. The zero-order chi connectivity index (χ0) is 16.0. The predicted octanol–water partition coefficient (Wildman–Crippen LogP) is 1.62. The zero-order valence-electron chi connectivity index (χ0n) is 12.0. The highest BCUT2D eigenvalue weighted by Crippen LogP contribution is 2.31. The number of hydrogen-bond acceptors (Lipinski definition) is 7. The number of hydrogen-bond donors (Lipinski definition) is 0. The smallest absolute Gasteiger partial charge is 0.375 e. The number of carbonyl (C=O) groups is 2. The molecule has 0 N–H and O–H groups in total. The first-order valence-corrected chi connectivity index (χ1v) is 6.35. The standard InChI is InChI=1S/C13H16N2O6/c1-4-8(12(16)13(17)21-5-2)9-6-11(20-3)14-7-10(9)15(18)19/h6-8H,4-5H2,1-3H3. The maximum absolute atomic E-state index is 12.1. The van der Waals surface area contributed by atoms with Gasteiger partial charge in [0.25, 0.3) is 5.69 Å². The lowest BCUT2D eigenvalue weighted by Crippen LogP contribution is -2.25. The van der Waals surface area contributed by atoms with Crippen LogP contribution in [0.3, 0.4) is 0 Å². The Kier molecular flexibility index (Phi) is 5.77. The number of Topliss-reactive ketones (excluding diaryl/α,β-unsaturated/α-hetero) is 1. The summed E-state index contributed by atoms with van der Waals surface area (Å²) in [6.45, 7) is 3.28. The highest BCUT2D eigenvalue weighted by Gasteiger charge is 2.32. The molecule has 0 bridgehead atoms. The first-order chi connectivity index (χ1) is 9.96. The molecule has 1 atom stereocenters. The highest BCUT2D eigenvalue weighted by molar-refractivity contribution is 6.35. The van der Waals surface area contributed by atoms with Crippen molar-refractivity contribution in [2.45, 2.75) is 26.2 Å². The highest BCUT2D eigenvalue weighted by atomic mass is 16.6. The minimum absolute atomic E-state index is 0.0583. The van der Waals surface area contributed by atoms with Crippen molar-refractivity contribution in [2.75, 3.05) is 13.7 Å². The second-order valence-corrected chi connectivity index (χ2v) is 4.09. The third-order valence-corrected chi connectivity index (χ3v) is 2.87. The van der Waals surface area contributed by atoms with Crippen molar-refractivity contribution in [3.8, 4) is 5.88 Å². The number of esters is 1. The van der Waals surface area contributed by atoms with Crippen molar-refractivity contribution in [2.24, 2.45) is 0 Å². The average molecular weight is 296 g/mol. The fraction of sp³-hybridized carbons (Fsp3) is 0.462. The van der Waals surface area contributed by atoms with Gasteiger partial charge in [-0.3, -0.25) is 14.9 Å². The summed E-state index contributed by atoms with van der Waals surface area (Å²) >= 11 is 0. The molecule has 0 aromatic carbocycles.